The molecule has 1 atom stereocenters. The van der Waals surface area contributed by atoms with E-state index in [9.17, 15) is 9.90 Å². The molecule has 69 valence electrons. The summed E-state index contributed by atoms with van der Waals surface area (Å²) in [5, 5.41) is 9.41. The van der Waals surface area contributed by atoms with Crippen molar-refractivity contribution >= 4 is 24.9 Å². The molecule has 0 aliphatic heterocycles. The largest absolute Gasteiger partial charge is 0.471 e. The van der Waals surface area contributed by atoms with Crippen LogP contribution in [-0.2, 0) is 4.74 Å². The summed E-state index contributed by atoms with van der Waals surface area (Å²) in [6, 6.07) is 0. The van der Waals surface area contributed by atoms with E-state index in [4.69, 9.17) is 0 Å². The zero-order valence-corrected chi connectivity index (χ0v) is 8.47. The number of ether oxygens (including phenoxy) is 1. The second-order valence-electron chi connectivity index (χ2n) is 3.64. The molecule has 0 aromatic rings. The summed E-state index contributed by atoms with van der Waals surface area (Å²) in [5.74, 6) is -0.526. The third-order valence-electron chi connectivity index (χ3n) is 1.49. The maximum absolute atomic E-state index is 10.6. The molecule has 0 amide bonds. The Balaban J connectivity index is 3.72. The van der Waals surface area contributed by atoms with Gasteiger partial charge in [-0.25, -0.2) is 12.5 Å². The summed E-state index contributed by atoms with van der Waals surface area (Å²) in [6.07, 6.45) is -0.644. The van der Waals surface area contributed by atoms with Gasteiger partial charge in [-0.2, -0.15) is 0 Å². The first-order valence-electron chi connectivity index (χ1n) is 3.70. The van der Waals surface area contributed by atoms with Crippen molar-refractivity contribution in [2.75, 3.05) is 6.61 Å². The Kier molecular flexibility index (Phi) is 4.71. The van der Waals surface area contributed by atoms with E-state index in [0.717, 1.165) is 6.56 Å². The standard InChI is InChI=1S/C7H14BO3S/c1-7(2,3)5(9)4-11-6(10)8-12/h5,9,12H,4H2,1-3H3. The molecule has 5 heteroatoms. The Morgan fingerprint density at radius 1 is 1.67 bits per heavy atom. The van der Waals surface area contributed by atoms with Gasteiger partial charge in [0.2, 0.25) is 0 Å². The van der Waals surface area contributed by atoms with Gasteiger partial charge in [0.15, 0.2) is 0 Å². The average molecular weight is 189 g/mol. The lowest BCUT2D eigenvalue weighted by atomic mass is 9.90. The van der Waals surface area contributed by atoms with Crippen LogP contribution in [0.5, 0.6) is 0 Å². The summed E-state index contributed by atoms with van der Waals surface area (Å²) in [6.45, 7) is 6.65. The minimum Gasteiger partial charge on any atom is -0.471 e. The Labute approximate surface area is 79.0 Å². The van der Waals surface area contributed by atoms with E-state index in [-0.39, 0.29) is 12.0 Å². The van der Waals surface area contributed by atoms with Gasteiger partial charge in [0.1, 0.15) is 6.61 Å². The van der Waals surface area contributed by atoms with E-state index < -0.39 is 12.0 Å². The number of thiol groups is 1. The molecule has 1 radical (unpaired) electrons. The second-order valence-corrected chi connectivity index (χ2v) is 3.90. The van der Waals surface area contributed by atoms with Crippen LogP contribution in [0, 0.1) is 5.41 Å². The van der Waals surface area contributed by atoms with Crippen molar-refractivity contribution in [2.24, 2.45) is 5.41 Å². The molecule has 0 aromatic heterocycles. The van der Waals surface area contributed by atoms with E-state index in [1.165, 1.54) is 0 Å². The molecule has 0 rings (SSSR count). The molecule has 0 aliphatic carbocycles. The molecule has 3 nitrogen and oxygen atoms in total. The topological polar surface area (TPSA) is 46.5 Å². The first-order valence-corrected chi connectivity index (χ1v) is 4.22. The number of hydrogen-bond acceptors (Lipinski definition) is 4. The lowest BCUT2D eigenvalue weighted by molar-refractivity contribution is 0.00976. The lowest BCUT2D eigenvalue weighted by Gasteiger charge is -2.25. The fraction of sp³-hybridized carbons (Fsp3) is 0.857. The Morgan fingerprint density at radius 2 is 2.17 bits per heavy atom. The number of hydrogen-bond donors (Lipinski definition) is 2. The molecule has 0 fully saturated rings. The molecular formula is C7H14BO3S. The maximum atomic E-state index is 10.6. The van der Waals surface area contributed by atoms with Gasteiger partial charge in [-0.05, 0) is 5.41 Å². The van der Waals surface area contributed by atoms with Crippen molar-refractivity contribution in [1.29, 1.82) is 0 Å². The van der Waals surface area contributed by atoms with Crippen molar-refractivity contribution < 1.29 is 14.6 Å². The summed E-state index contributed by atoms with van der Waals surface area (Å²) < 4.78 is 4.66. The number of rotatable bonds is 3. The SMILES string of the molecule is CC(C)(C)C(O)COC(=O)[B]S. The molecule has 0 heterocycles. The van der Waals surface area contributed by atoms with Crippen LogP contribution in [0.25, 0.3) is 0 Å². The first-order chi connectivity index (χ1) is 5.38. The first kappa shape index (κ1) is 11.8. The number of carbonyl (C=O) groups is 1. The highest BCUT2D eigenvalue weighted by atomic mass is 32.1. The second kappa shape index (κ2) is 4.77. The van der Waals surface area contributed by atoms with Crippen LogP contribution >= 0.6 is 12.5 Å². The molecule has 1 unspecified atom stereocenters. The minimum absolute atomic E-state index is 0.0133. The maximum Gasteiger partial charge on any atom is 0.334 e. The van der Waals surface area contributed by atoms with E-state index in [0.29, 0.717) is 0 Å². The van der Waals surface area contributed by atoms with Crippen molar-refractivity contribution in [3.05, 3.63) is 0 Å². The van der Waals surface area contributed by atoms with E-state index in [2.05, 4.69) is 17.2 Å². The van der Waals surface area contributed by atoms with Gasteiger partial charge >= 0.3 is 6.56 Å². The van der Waals surface area contributed by atoms with Gasteiger partial charge in [0.25, 0.3) is 5.87 Å². The molecule has 0 aromatic carbocycles. The van der Waals surface area contributed by atoms with E-state index in [1.54, 1.807) is 0 Å². The molecule has 12 heavy (non-hydrogen) atoms. The van der Waals surface area contributed by atoms with Gasteiger partial charge in [0, 0.05) is 0 Å². The van der Waals surface area contributed by atoms with Crippen molar-refractivity contribution in [3.8, 4) is 0 Å². The molecule has 1 N–H and O–H groups in total. The third kappa shape index (κ3) is 4.67. The predicted octanol–water partition coefficient (Wildman–Crippen LogP) is 1.08. The third-order valence-corrected chi connectivity index (χ3v) is 1.70. The van der Waals surface area contributed by atoms with Gasteiger partial charge in [0.05, 0.1) is 6.10 Å². The van der Waals surface area contributed by atoms with Gasteiger partial charge in [-0.15, -0.1) is 0 Å². The molecule has 0 aliphatic rings. The zero-order chi connectivity index (χ0) is 9.78. The van der Waals surface area contributed by atoms with Crippen LogP contribution in [0.1, 0.15) is 20.8 Å². The van der Waals surface area contributed by atoms with E-state index in [1.807, 2.05) is 20.8 Å². The average Bonchev–Trinajstić information content (AvgIpc) is 1.97. The quantitative estimate of drug-likeness (QED) is 0.515. The van der Waals surface area contributed by atoms with Crippen molar-refractivity contribution in [3.63, 3.8) is 0 Å². The highest BCUT2D eigenvalue weighted by Crippen LogP contribution is 2.18. The van der Waals surface area contributed by atoms with Crippen LogP contribution < -0.4 is 0 Å². The fourth-order valence-electron chi connectivity index (χ4n) is 0.448. The van der Waals surface area contributed by atoms with Gasteiger partial charge < -0.3 is 9.84 Å². The molecule has 0 saturated heterocycles. The van der Waals surface area contributed by atoms with Gasteiger partial charge in [-0.1, -0.05) is 20.8 Å². The molecular weight excluding hydrogens is 175 g/mol. The Hall–Kier alpha value is -0.155. The van der Waals surface area contributed by atoms with Gasteiger partial charge in [-0.3, -0.25) is 4.79 Å². The van der Waals surface area contributed by atoms with E-state index >= 15 is 0 Å². The smallest absolute Gasteiger partial charge is 0.334 e. The Bertz CT molecular complexity index is 155. The van der Waals surface area contributed by atoms with Crippen LogP contribution in [0.4, 0.5) is 4.79 Å². The highest BCUT2D eigenvalue weighted by Gasteiger charge is 2.23. The summed E-state index contributed by atoms with van der Waals surface area (Å²) in [4.78, 5) is 10.6. The number of aliphatic hydroxyl groups excluding tert-OH is 1. The zero-order valence-electron chi connectivity index (χ0n) is 7.57. The van der Waals surface area contributed by atoms with Crippen molar-refractivity contribution in [2.45, 2.75) is 26.9 Å². The Morgan fingerprint density at radius 3 is 2.50 bits per heavy atom. The normalized spacial score (nSPS) is 13.8. The summed E-state index contributed by atoms with van der Waals surface area (Å²) in [7, 11) is 0. The van der Waals surface area contributed by atoms with Crippen molar-refractivity contribution in [1.82, 2.24) is 0 Å². The van der Waals surface area contributed by atoms with Crippen LogP contribution in [0.15, 0.2) is 0 Å². The molecule has 0 saturated carbocycles. The predicted molar refractivity (Wildman–Crippen MR) is 51.5 cm³/mol. The summed E-state index contributed by atoms with van der Waals surface area (Å²) >= 11 is 3.61. The molecule has 0 bridgehead atoms. The monoisotopic (exact) mass is 189 g/mol. The lowest BCUT2D eigenvalue weighted by Crippen LogP contribution is -2.31. The highest BCUT2D eigenvalue weighted by molar-refractivity contribution is 8.09. The van der Waals surface area contributed by atoms with Crippen LogP contribution in [-0.4, -0.2) is 30.2 Å². The minimum atomic E-state index is -0.644. The number of aliphatic hydroxyl groups is 1. The van der Waals surface area contributed by atoms with Crippen LogP contribution in [0.2, 0.25) is 0 Å². The summed E-state index contributed by atoms with van der Waals surface area (Å²) in [5.41, 5.74) is -0.267. The number of carbonyl (C=O) groups excluding carboxylic acids is 1. The fourth-order valence-corrected chi connectivity index (χ4v) is 0.523. The molecule has 0 spiro atoms. The van der Waals surface area contributed by atoms with Crippen LogP contribution in [0.3, 0.4) is 0 Å².